The Bertz CT molecular complexity index is 1390. The summed E-state index contributed by atoms with van der Waals surface area (Å²) in [5, 5.41) is 17.4. The van der Waals surface area contributed by atoms with Crippen LogP contribution in [0.1, 0.15) is 39.9 Å². The molecule has 196 valence electrons. The van der Waals surface area contributed by atoms with Crippen molar-refractivity contribution in [3.05, 3.63) is 89.9 Å². The number of nitrogens with one attached hydrogen (secondary N) is 1. The summed E-state index contributed by atoms with van der Waals surface area (Å²) in [5.41, 5.74) is 0.721. The average Bonchev–Trinajstić information content (AvgIpc) is 3.28. The lowest BCUT2D eigenvalue weighted by Crippen LogP contribution is -2.46. The first-order chi connectivity index (χ1) is 17.1. The van der Waals surface area contributed by atoms with E-state index in [1.54, 1.807) is 62.0 Å². The Morgan fingerprint density at radius 1 is 1.05 bits per heavy atom. The van der Waals surface area contributed by atoms with E-state index in [0.29, 0.717) is 17.0 Å². The standard InChI is InChI=1S/C27H26F3N3O3.CH4/c1-16(32-26(35)27(2,3)15-34)25(17-4-10-22(29)23(30)13-17)36-21-9-11-24-18(12-21)14-31-33(24)20-7-5-19(28)6-8-20;/h4-14,16,25,34H,15H2,1-3H3,(H,32,35);1H4/t16-,25-;/m0./s1. The molecule has 2 N–H and O–H groups in total. The van der Waals surface area contributed by atoms with Gasteiger partial charge >= 0.3 is 0 Å². The Morgan fingerprint density at radius 2 is 1.76 bits per heavy atom. The van der Waals surface area contributed by atoms with Crippen molar-refractivity contribution >= 4 is 16.8 Å². The second kappa shape index (κ2) is 11.0. The van der Waals surface area contributed by atoms with E-state index in [2.05, 4.69) is 10.4 Å². The molecular weight excluding hydrogens is 483 g/mol. The molecule has 6 nitrogen and oxygen atoms in total. The summed E-state index contributed by atoms with van der Waals surface area (Å²) in [6.07, 6.45) is 0.760. The minimum Gasteiger partial charge on any atom is -0.484 e. The van der Waals surface area contributed by atoms with Crippen LogP contribution in [0.4, 0.5) is 13.2 Å². The highest BCUT2D eigenvalue weighted by Crippen LogP contribution is 2.30. The van der Waals surface area contributed by atoms with Crippen LogP contribution in [0.2, 0.25) is 0 Å². The number of hydrogen-bond donors (Lipinski definition) is 2. The molecule has 1 amide bonds. The van der Waals surface area contributed by atoms with Gasteiger partial charge in [-0.3, -0.25) is 4.79 Å². The Kier molecular flexibility index (Phi) is 8.28. The molecule has 0 aliphatic heterocycles. The fraction of sp³-hybridized carbons (Fsp3) is 0.286. The number of amides is 1. The van der Waals surface area contributed by atoms with Crippen molar-refractivity contribution in [1.29, 1.82) is 0 Å². The van der Waals surface area contributed by atoms with Crippen molar-refractivity contribution in [2.45, 2.75) is 40.3 Å². The first-order valence-corrected chi connectivity index (χ1v) is 11.4. The minimum atomic E-state index is -1.04. The van der Waals surface area contributed by atoms with Gasteiger partial charge in [-0.1, -0.05) is 13.5 Å². The molecule has 0 fully saturated rings. The topological polar surface area (TPSA) is 76.4 Å². The molecule has 0 unspecified atom stereocenters. The number of halogens is 3. The van der Waals surface area contributed by atoms with Crippen LogP contribution in [-0.4, -0.2) is 33.4 Å². The van der Waals surface area contributed by atoms with E-state index < -0.39 is 35.1 Å². The van der Waals surface area contributed by atoms with Crippen LogP contribution < -0.4 is 10.1 Å². The molecule has 4 aromatic rings. The Balaban J connectivity index is 0.00000380. The summed E-state index contributed by atoms with van der Waals surface area (Å²) in [6, 6.07) is 13.9. The smallest absolute Gasteiger partial charge is 0.228 e. The number of aliphatic hydroxyl groups excluding tert-OH is 1. The second-order valence-corrected chi connectivity index (χ2v) is 9.27. The van der Waals surface area contributed by atoms with Crippen LogP contribution in [0, 0.1) is 22.9 Å². The Hall–Kier alpha value is -3.85. The molecule has 3 aromatic carbocycles. The molecule has 0 saturated carbocycles. The van der Waals surface area contributed by atoms with Gasteiger partial charge in [-0.2, -0.15) is 5.10 Å². The number of fused-ring (bicyclic) bond motifs is 1. The van der Waals surface area contributed by atoms with Crippen molar-refractivity contribution < 1.29 is 27.8 Å². The monoisotopic (exact) mass is 513 g/mol. The summed E-state index contributed by atoms with van der Waals surface area (Å²) in [6.45, 7) is 4.50. The SMILES string of the molecule is C.C[C@H](NC(=O)C(C)(C)CO)[C@H](Oc1ccc2c(cnn2-c2ccc(F)cc2)c1)c1ccc(F)c(F)c1. The van der Waals surface area contributed by atoms with Gasteiger partial charge in [0, 0.05) is 5.39 Å². The van der Waals surface area contributed by atoms with Gasteiger partial charge in [-0.15, -0.1) is 0 Å². The molecule has 0 spiro atoms. The maximum atomic E-state index is 14.1. The van der Waals surface area contributed by atoms with Crippen molar-refractivity contribution in [3.63, 3.8) is 0 Å². The maximum Gasteiger partial charge on any atom is 0.228 e. The highest BCUT2D eigenvalue weighted by atomic mass is 19.2. The fourth-order valence-electron chi connectivity index (χ4n) is 3.72. The quantitative estimate of drug-likeness (QED) is 0.316. The van der Waals surface area contributed by atoms with Crippen molar-refractivity contribution in [1.82, 2.24) is 15.1 Å². The third-order valence-corrected chi connectivity index (χ3v) is 5.97. The van der Waals surface area contributed by atoms with E-state index in [1.165, 1.54) is 18.2 Å². The van der Waals surface area contributed by atoms with Crippen LogP contribution in [0.5, 0.6) is 5.75 Å². The molecule has 2 atom stereocenters. The Labute approximate surface area is 213 Å². The predicted octanol–water partition coefficient (Wildman–Crippen LogP) is 5.72. The first-order valence-electron chi connectivity index (χ1n) is 11.4. The van der Waals surface area contributed by atoms with E-state index in [4.69, 9.17) is 4.74 Å². The van der Waals surface area contributed by atoms with Crippen LogP contribution in [0.25, 0.3) is 16.6 Å². The number of aliphatic hydroxyl groups is 1. The molecule has 0 aliphatic carbocycles. The van der Waals surface area contributed by atoms with Gasteiger partial charge in [0.1, 0.15) is 17.7 Å². The van der Waals surface area contributed by atoms with Gasteiger partial charge in [0.25, 0.3) is 0 Å². The molecule has 0 bridgehead atoms. The summed E-state index contributed by atoms with van der Waals surface area (Å²) in [5.74, 6) is -2.38. The molecular formula is C28H30F3N3O3. The summed E-state index contributed by atoms with van der Waals surface area (Å²) < 4.78 is 48.8. The highest BCUT2D eigenvalue weighted by Gasteiger charge is 2.31. The van der Waals surface area contributed by atoms with E-state index in [1.807, 2.05) is 0 Å². The molecule has 37 heavy (non-hydrogen) atoms. The van der Waals surface area contributed by atoms with E-state index >= 15 is 0 Å². The van der Waals surface area contributed by atoms with Crippen LogP contribution >= 0.6 is 0 Å². The van der Waals surface area contributed by atoms with E-state index in [-0.39, 0.29) is 19.9 Å². The lowest BCUT2D eigenvalue weighted by atomic mass is 9.92. The van der Waals surface area contributed by atoms with Crippen molar-refractivity contribution in [2.24, 2.45) is 5.41 Å². The van der Waals surface area contributed by atoms with Crippen LogP contribution in [-0.2, 0) is 4.79 Å². The highest BCUT2D eigenvalue weighted by molar-refractivity contribution is 5.82. The Morgan fingerprint density at radius 3 is 2.41 bits per heavy atom. The number of rotatable bonds is 8. The van der Waals surface area contributed by atoms with Gasteiger partial charge in [0.15, 0.2) is 11.6 Å². The average molecular weight is 514 g/mol. The summed E-state index contributed by atoms with van der Waals surface area (Å²) in [7, 11) is 0. The zero-order chi connectivity index (χ0) is 26.0. The fourth-order valence-corrected chi connectivity index (χ4v) is 3.72. The third-order valence-electron chi connectivity index (χ3n) is 5.97. The van der Waals surface area contributed by atoms with Crippen LogP contribution in [0.15, 0.2) is 66.9 Å². The second-order valence-electron chi connectivity index (χ2n) is 9.27. The number of benzene rings is 3. The largest absolute Gasteiger partial charge is 0.484 e. The molecule has 0 aliphatic rings. The molecule has 9 heteroatoms. The normalized spacial score (nSPS) is 13.1. The van der Waals surface area contributed by atoms with Gasteiger partial charge in [0.05, 0.1) is 35.5 Å². The lowest BCUT2D eigenvalue weighted by Gasteiger charge is -2.30. The molecule has 1 heterocycles. The van der Waals surface area contributed by atoms with E-state index in [0.717, 1.165) is 23.0 Å². The number of aromatic nitrogens is 2. The first kappa shape index (κ1) is 27.7. The van der Waals surface area contributed by atoms with Gasteiger partial charge in [-0.25, -0.2) is 17.9 Å². The number of ether oxygens (including phenoxy) is 1. The molecule has 0 radical (unpaired) electrons. The number of nitrogens with zero attached hydrogens (tertiary/aromatic N) is 2. The van der Waals surface area contributed by atoms with Crippen molar-refractivity contribution in [2.75, 3.05) is 6.61 Å². The number of carbonyl (C=O) groups excluding carboxylic acids is 1. The third kappa shape index (κ3) is 5.94. The van der Waals surface area contributed by atoms with E-state index in [9.17, 15) is 23.1 Å². The zero-order valence-electron chi connectivity index (χ0n) is 20.0. The van der Waals surface area contributed by atoms with Crippen LogP contribution in [0.3, 0.4) is 0 Å². The lowest BCUT2D eigenvalue weighted by molar-refractivity contribution is -0.132. The summed E-state index contributed by atoms with van der Waals surface area (Å²) in [4.78, 5) is 12.7. The molecule has 1 aromatic heterocycles. The minimum absolute atomic E-state index is 0. The zero-order valence-corrected chi connectivity index (χ0v) is 20.0. The van der Waals surface area contributed by atoms with Gasteiger partial charge in [0.2, 0.25) is 5.91 Å². The summed E-state index contributed by atoms with van der Waals surface area (Å²) >= 11 is 0. The van der Waals surface area contributed by atoms with Gasteiger partial charge in [-0.05, 0) is 80.9 Å². The molecule has 0 saturated heterocycles. The number of carbonyl (C=O) groups is 1. The van der Waals surface area contributed by atoms with Gasteiger partial charge < -0.3 is 15.2 Å². The van der Waals surface area contributed by atoms with Crippen molar-refractivity contribution in [3.8, 4) is 11.4 Å². The number of hydrogen-bond acceptors (Lipinski definition) is 4. The maximum absolute atomic E-state index is 14.1. The predicted molar refractivity (Wildman–Crippen MR) is 136 cm³/mol. The molecule has 4 rings (SSSR count).